The van der Waals surface area contributed by atoms with E-state index in [1.54, 1.807) is 31.2 Å². The average Bonchev–Trinajstić information content (AvgIpc) is 2.82. The van der Waals surface area contributed by atoms with Crippen LogP contribution in [0, 0.1) is 0 Å². The minimum absolute atomic E-state index is 0.279. The number of hydrogen-bond donors (Lipinski definition) is 0. The molecule has 0 aliphatic rings. The van der Waals surface area contributed by atoms with Crippen molar-refractivity contribution in [2.24, 2.45) is 7.05 Å². The monoisotopic (exact) mass is 313 g/mol. The molecule has 0 saturated heterocycles. The lowest BCUT2D eigenvalue weighted by atomic mass is 10.2. The second-order valence-corrected chi connectivity index (χ2v) is 4.76. The largest absolute Gasteiger partial charge is 0.573 e. The minimum Gasteiger partial charge on any atom is -0.406 e. The SMILES string of the molecule is CN(Cc1cnn(C)c1)C(=O)c1ccc(OC(F)(F)F)cc1. The van der Waals surface area contributed by atoms with E-state index in [0.29, 0.717) is 6.54 Å². The number of rotatable bonds is 4. The summed E-state index contributed by atoms with van der Waals surface area (Å²) in [5.74, 6) is -0.665. The van der Waals surface area contributed by atoms with Crippen LogP contribution < -0.4 is 4.74 Å². The first-order chi connectivity index (χ1) is 10.2. The van der Waals surface area contributed by atoms with Gasteiger partial charge < -0.3 is 9.64 Å². The van der Waals surface area contributed by atoms with E-state index >= 15 is 0 Å². The Bertz CT molecular complexity index is 650. The normalized spacial score (nSPS) is 11.3. The molecule has 0 aliphatic carbocycles. The zero-order chi connectivity index (χ0) is 16.3. The summed E-state index contributed by atoms with van der Waals surface area (Å²) in [4.78, 5) is 13.6. The maximum absolute atomic E-state index is 12.2. The Hall–Kier alpha value is -2.51. The van der Waals surface area contributed by atoms with Crippen LogP contribution in [0.15, 0.2) is 36.7 Å². The van der Waals surface area contributed by atoms with Gasteiger partial charge in [-0.15, -0.1) is 13.2 Å². The smallest absolute Gasteiger partial charge is 0.406 e. The molecule has 0 atom stereocenters. The van der Waals surface area contributed by atoms with Crippen LogP contribution in [0.4, 0.5) is 13.2 Å². The molecule has 2 aromatic rings. The molecular formula is C14H14F3N3O2. The van der Waals surface area contributed by atoms with Crippen molar-refractivity contribution in [2.75, 3.05) is 7.05 Å². The Morgan fingerprint density at radius 1 is 1.32 bits per heavy atom. The predicted octanol–water partition coefficient (Wildman–Crippen LogP) is 2.59. The number of amides is 1. The number of carbonyl (C=O) groups excluding carboxylic acids is 1. The molecule has 0 aliphatic heterocycles. The number of nitrogens with zero attached hydrogens (tertiary/aromatic N) is 3. The van der Waals surface area contributed by atoms with E-state index < -0.39 is 6.36 Å². The van der Waals surface area contributed by atoms with Gasteiger partial charge in [0.1, 0.15) is 5.75 Å². The summed E-state index contributed by atoms with van der Waals surface area (Å²) in [6.45, 7) is 0.355. The molecule has 0 bridgehead atoms. The van der Waals surface area contributed by atoms with E-state index in [9.17, 15) is 18.0 Å². The van der Waals surface area contributed by atoms with E-state index in [0.717, 1.165) is 17.7 Å². The Balaban J connectivity index is 2.02. The molecule has 8 heteroatoms. The van der Waals surface area contributed by atoms with Crippen LogP contribution in [-0.4, -0.2) is 34.0 Å². The average molecular weight is 313 g/mol. The summed E-state index contributed by atoms with van der Waals surface area (Å²) >= 11 is 0. The van der Waals surface area contributed by atoms with Crippen LogP contribution in [0.5, 0.6) is 5.75 Å². The van der Waals surface area contributed by atoms with Crippen molar-refractivity contribution in [1.29, 1.82) is 0 Å². The first-order valence-corrected chi connectivity index (χ1v) is 6.33. The molecule has 0 fully saturated rings. The van der Waals surface area contributed by atoms with E-state index in [4.69, 9.17) is 0 Å². The third-order valence-corrected chi connectivity index (χ3v) is 2.86. The van der Waals surface area contributed by atoms with Crippen molar-refractivity contribution in [3.8, 4) is 5.75 Å². The first-order valence-electron chi connectivity index (χ1n) is 6.33. The van der Waals surface area contributed by atoms with Gasteiger partial charge in [-0.1, -0.05) is 0 Å². The fourth-order valence-corrected chi connectivity index (χ4v) is 1.92. The quantitative estimate of drug-likeness (QED) is 0.871. The molecule has 0 spiro atoms. The molecule has 1 heterocycles. The van der Waals surface area contributed by atoms with Gasteiger partial charge in [0.05, 0.1) is 6.20 Å². The first kappa shape index (κ1) is 15.9. The number of aryl methyl sites for hydroxylation is 1. The van der Waals surface area contributed by atoms with Gasteiger partial charge in [0, 0.05) is 38.0 Å². The maximum Gasteiger partial charge on any atom is 0.573 e. The van der Waals surface area contributed by atoms with Gasteiger partial charge in [0.25, 0.3) is 5.91 Å². The number of aromatic nitrogens is 2. The molecule has 0 N–H and O–H groups in total. The molecule has 1 amide bonds. The zero-order valence-corrected chi connectivity index (χ0v) is 12.0. The maximum atomic E-state index is 12.2. The number of carbonyl (C=O) groups is 1. The van der Waals surface area contributed by atoms with Crippen LogP contribution in [0.3, 0.4) is 0 Å². The molecule has 2 rings (SSSR count). The number of halogens is 3. The van der Waals surface area contributed by atoms with Gasteiger partial charge >= 0.3 is 6.36 Å². The topological polar surface area (TPSA) is 47.4 Å². The lowest BCUT2D eigenvalue weighted by Gasteiger charge is -2.16. The lowest BCUT2D eigenvalue weighted by Crippen LogP contribution is -2.26. The molecule has 5 nitrogen and oxygen atoms in total. The lowest BCUT2D eigenvalue weighted by molar-refractivity contribution is -0.274. The van der Waals surface area contributed by atoms with Crippen molar-refractivity contribution in [1.82, 2.24) is 14.7 Å². The summed E-state index contributed by atoms with van der Waals surface area (Å²) in [5, 5.41) is 4.00. The molecule has 118 valence electrons. The van der Waals surface area contributed by atoms with Crippen LogP contribution in [0.2, 0.25) is 0 Å². The van der Waals surface area contributed by atoms with Crippen molar-refractivity contribution in [2.45, 2.75) is 12.9 Å². The van der Waals surface area contributed by atoms with E-state index in [1.165, 1.54) is 17.0 Å². The van der Waals surface area contributed by atoms with Crippen LogP contribution >= 0.6 is 0 Å². The minimum atomic E-state index is -4.75. The molecular weight excluding hydrogens is 299 g/mol. The molecule has 1 aromatic carbocycles. The molecule has 22 heavy (non-hydrogen) atoms. The zero-order valence-electron chi connectivity index (χ0n) is 12.0. The highest BCUT2D eigenvalue weighted by molar-refractivity contribution is 5.94. The van der Waals surface area contributed by atoms with E-state index in [1.807, 2.05) is 0 Å². The second kappa shape index (κ2) is 6.08. The van der Waals surface area contributed by atoms with Gasteiger partial charge in [0.2, 0.25) is 0 Å². The van der Waals surface area contributed by atoms with Crippen molar-refractivity contribution in [3.05, 3.63) is 47.8 Å². The highest BCUT2D eigenvalue weighted by Crippen LogP contribution is 2.23. The molecule has 0 radical (unpaired) electrons. The fraction of sp³-hybridized carbons (Fsp3) is 0.286. The van der Waals surface area contributed by atoms with Gasteiger partial charge in [-0.2, -0.15) is 5.10 Å². The molecule has 1 aromatic heterocycles. The van der Waals surface area contributed by atoms with Gasteiger partial charge in [-0.3, -0.25) is 9.48 Å². The Kier molecular flexibility index (Phi) is 4.39. The Morgan fingerprint density at radius 2 is 1.95 bits per heavy atom. The third kappa shape index (κ3) is 4.24. The van der Waals surface area contributed by atoms with E-state index in [-0.39, 0.29) is 17.2 Å². The number of ether oxygens (including phenoxy) is 1. The molecule has 0 unspecified atom stereocenters. The fourth-order valence-electron chi connectivity index (χ4n) is 1.92. The highest BCUT2D eigenvalue weighted by Gasteiger charge is 2.31. The Labute approximate surface area is 124 Å². The van der Waals surface area contributed by atoms with E-state index in [2.05, 4.69) is 9.84 Å². The van der Waals surface area contributed by atoms with Crippen LogP contribution in [0.25, 0.3) is 0 Å². The van der Waals surface area contributed by atoms with Crippen molar-refractivity contribution >= 4 is 5.91 Å². The summed E-state index contributed by atoms with van der Waals surface area (Å²) in [5.41, 5.74) is 1.14. The van der Waals surface area contributed by atoms with Crippen molar-refractivity contribution in [3.63, 3.8) is 0 Å². The van der Waals surface area contributed by atoms with Gasteiger partial charge in [-0.25, -0.2) is 0 Å². The summed E-state index contributed by atoms with van der Waals surface area (Å²) in [7, 11) is 3.38. The van der Waals surface area contributed by atoms with Gasteiger partial charge in [-0.05, 0) is 24.3 Å². The summed E-state index contributed by atoms with van der Waals surface area (Å²) in [6.07, 6.45) is -1.32. The predicted molar refractivity (Wildman–Crippen MR) is 72.1 cm³/mol. The van der Waals surface area contributed by atoms with Crippen LogP contribution in [0.1, 0.15) is 15.9 Å². The van der Waals surface area contributed by atoms with Crippen molar-refractivity contribution < 1.29 is 22.7 Å². The second-order valence-electron chi connectivity index (χ2n) is 4.76. The highest BCUT2D eigenvalue weighted by atomic mass is 19.4. The van der Waals surface area contributed by atoms with Crippen LogP contribution in [-0.2, 0) is 13.6 Å². The third-order valence-electron chi connectivity index (χ3n) is 2.86. The summed E-state index contributed by atoms with van der Waals surface area (Å²) < 4.78 is 41.6. The number of hydrogen-bond acceptors (Lipinski definition) is 3. The number of alkyl halides is 3. The van der Waals surface area contributed by atoms with Gasteiger partial charge in [0.15, 0.2) is 0 Å². The molecule has 0 saturated carbocycles. The Morgan fingerprint density at radius 3 is 2.45 bits per heavy atom. The summed E-state index contributed by atoms with van der Waals surface area (Å²) in [6, 6.07) is 4.81. The number of benzene rings is 1. The standard InChI is InChI=1S/C14H14F3N3O2/c1-19(8-10-7-18-20(2)9-10)13(21)11-3-5-12(6-4-11)22-14(15,16)17/h3-7,9H,8H2,1-2H3.